The van der Waals surface area contributed by atoms with E-state index in [1.54, 1.807) is 0 Å². The van der Waals surface area contributed by atoms with E-state index in [1.807, 2.05) is 0 Å². The number of nitrogens with zero attached hydrogens (tertiary/aromatic N) is 2. The molecule has 0 aromatic carbocycles. The van der Waals surface area contributed by atoms with E-state index in [9.17, 15) is 26.4 Å². The molecule has 26 heavy (non-hydrogen) atoms. The lowest BCUT2D eigenvalue weighted by molar-refractivity contribution is -0.154. The van der Waals surface area contributed by atoms with Gasteiger partial charge in [-0.25, -0.2) is 13.4 Å². The Bertz CT molecular complexity index is 724. The molecule has 2 heterocycles. The first kappa shape index (κ1) is 20.4. The summed E-state index contributed by atoms with van der Waals surface area (Å²) in [5.41, 5.74) is 0. The van der Waals surface area contributed by atoms with Crippen LogP contribution in [0.3, 0.4) is 0 Å². The molecular weight excluding hydrogens is 379 g/mol. The predicted octanol–water partition coefficient (Wildman–Crippen LogP) is 0.548. The number of pyridine rings is 1. The van der Waals surface area contributed by atoms with Crippen LogP contribution in [0.1, 0.15) is 6.42 Å². The largest absolute Gasteiger partial charge is 0.468 e. The zero-order valence-corrected chi connectivity index (χ0v) is 14.6. The number of carbonyl (C=O) groups is 1. The highest BCUT2D eigenvalue weighted by molar-refractivity contribution is 7.89. The van der Waals surface area contributed by atoms with Crippen LogP contribution in [0.2, 0.25) is 0 Å². The van der Waals surface area contributed by atoms with Crippen LogP contribution in [-0.2, 0) is 19.6 Å². The minimum Gasteiger partial charge on any atom is -0.468 e. The van der Waals surface area contributed by atoms with E-state index in [1.165, 1.54) is 0 Å². The first-order valence-electron chi connectivity index (χ1n) is 7.61. The van der Waals surface area contributed by atoms with E-state index >= 15 is 0 Å². The number of carbonyl (C=O) groups excluding carboxylic acids is 1. The van der Waals surface area contributed by atoms with Crippen molar-refractivity contribution in [3.63, 3.8) is 0 Å². The van der Waals surface area contributed by atoms with Gasteiger partial charge < -0.3 is 14.8 Å². The van der Waals surface area contributed by atoms with Crippen molar-refractivity contribution >= 4 is 16.0 Å². The van der Waals surface area contributed by atoms with E-state index in [0.29, 0.717) is 13.0 Å². The Morgan fingerprint density at radius 3 is 2.73 bits per heavy atom. The highest BCUT2D eigenvalue weighted by Gasteiger charge is 2.37. The van der Waals surface area contributed by atoms with Crippen molar-refractivity contribution in [3.8, 4) is 5.88 Å². The normalized spacial score (nSPS) is 19.6. The third-order valence-electron chi connectivity index (χ3n) is 3.59. The molecule has 12 heteroatoms. The molecule has 1 fully saturated rings. The van der Waals surface area contributed by atoms with E-state index in [4.69, 9.17) is 0 Å². The Balaban J connectivity index is 2.22. The molecule has 1 aromatic rings. The summed E-state index contributed by atoms with van der Waals surface area (Å²) < 4.78 is 72.2. The van der Waals surface area contributed by atoms with Crippen LogP contribution in [0.4, 0.5) is 13.2 Å². The molecule has 1 aromatic heterocycles. The quantitative estimate of drug-likeness (QED) is 0.725. The summed E-state index contributed by atoms with van der Waals surface area (Å²) in [7, 11) is -2.94. The van der Waals surface area contributed by atoms with Crippen molar-refractivity contribution in [2.45, 2.75) is 23.5 Å². The number of ether oxygens (including phenoxy) is 2. The SMILES string of the molecule is COC(=O)C1CNCCCN1S(=O)(=O)c1ccc(OCC(F)(F)F)nc1. The second-order valence-corrected chi connectivity index (χ2v) is 7.34. The van der Waals surface area contributed by atoms with Crippen molar-refractivity contribution in [1.29, 1.82) is 0 Å². The molecule has 0 saturated carbocycles. The van der Waals surface area contributed by atoms with Gasteiger partial charge in [-0.2, -0.15) is 17.5 Å². The van der Waals surface area contributed by atoms with Gasteiger partial charge in [0.05, 0.1) is 13.3 Å². The molecule has 0 radical (unpaired) electrons. The highest BCUT2D eigenvalue weighted by atomic mass is 32.2. The lowest BCUT2D eigenvalue weighted by Crippen LogP contribution is -2.48. The van der Waals surface area contributed by atoms with Gasteiger partial charge in [0.15, 0.2) is 6.61 Å². The number of halogens is 3. The van der Waals surface area contributed by atoms with Crippen LogP contribution in [0.5, 0.6) is 5.88 Å². The summed E-state index contributed by atoms with van der Waals surface area (Å²) in [5, 5.41) is 2.96. The summed E-state index contributed by atoms with van der Waals surface area (Å²) in [5.74, 6) is -1.07. The van der Waals surface area contributed by atoms with Crippen molar-refractivity contribution in [3.05, 3.63) is 18.3 Å². The zero-order valence-electron chi connectivity index (χ0n) is 13.8. The maximum absolute atomic E-state index is 12.8. The van der Waals surface area contributed by atoms with Gasteiger partial charge in [0.25, 0.3) is 0 Å². The van der Waals surface area contributed by atoms with Gasteiger partial charge in [-0.15, -0.1) is 0 Å². The maximum Gasteiger partial charge on any atom is 0.422 e. The van der Waals surface area contributed by atoms with Crippen LogP contribution >= 0.6 is 0 Å². The number of hydrogen-bond acceptors (Lipinski definition) is 7. The predicted molar refractivity (Wildman–Crippen MR) is 83.0 cm³/mol. The molecule has 0 bridgehead atoms. The van der Waals surface area contributed by atoms with Crippen molar-refractivity contribution < 1.29 is 35.9 Å². The van der Waals surface area contributed by atoms with E-state index in [2.05, 4.69) is 19.8 Å². The molecule has 2 rings (SSSR count). The summed E-state index contributed by atoms with van der Waals surface area (Å²) in [6.45, 7) is -0.830. The van der Waals surface area contributed by atoms with Gasteiger partial charge in [-0.05, 0) is 19.0 Å². The minimum atomic E-state index is -4.53. The third-order valence-corrected chi connectivity index (χ3v) is 5.48. The summed E-state index contributed by atoms with van der Waals surface area (Å²) in [6, 6.07) is 1.07. The average molecular weight is 397 g/mol. The molecule has 1 saturated heterocycles. The molecule has 1 unspecified atom stereocenters. The molecule has 146 valence electrons. The Morgan fingerprint density at radius 1 is 1.42 bits per heavy atom. The van der Waals surface area contributed by atoms with Crippen molar-refractivity contribution in [2.75, 3.05) is 33.4 Å². The number of esters is 1. The highest BCUT2D eigenvalue weighted by Crippen LogP contribution is 2.22. The summed E-state index contributed by atoms with van der Waals surface area (Å²) in [6.07, 6.45) is -3.15. The van der Waals surface area contributed by atoms with Crippen LogP contribution < -0.4 is 10.1 Å². The molecular formula is C14H18F3N3O5S. The number of hydrogen-bond donors (Lipinski definition) is 1. The lowest BCUT2D eigenvalue weighted by Gasteiger charge is -2.26. The first-order valence-corrected chi connectivity index (χ1v) is 9.05. The number of alkyl halides is 3. The van der Waals surface area contributed by atoms with Crippen molar-refractivity contribution in [1.82, 2.24) is 14.6 Å². The van der Waals surface area contributed by atoms with Gasteiger partial charge in [-0.3, -0.25) is 4.79 Å². The van der Waals surface area contributed by atoms with Gasteiger partial charge in [0, 0.05) is 19.2 Å². The Morgan fingerprint density at radius 2 is 2.15 bits per heavy atom. The summed E-state index contributed by atoms with van der Waals surface area (Å²) >= 11 is 0. The van der Waals surface area contributed by atoms with E-state index in [0.717, 1.165) is 29.7 Å². The van der Waals surface area contributed by atoms with Crippen LogP contribution in [-0.4, -0.2) is 69.2 Å². The second-order valence-electron chi connectivity index (χ2n) is 5.45. The van der Waals surface area contributed by atoms with E-state index < -0.39 is 34.8 Å². The van der Waals surface area contributed by atoms with E-state index in [-0.39, 0.29) is 23.9 Å². The fourth-order valence-corrected chi connectivity index (χ4v) is 3.94. The van der Waals surface area contributed by atoms with Gasteiger partial charge in [0.2, 0.25) is 15.9 Å². The fraction of sp³-hybridized carbons (Fsp3) is 0.571. The minimum absolute atomic E-state index is 0.0847. The number of sulfonamides is 1. The standard InChI is InChI=1S/C14H18F3N3O5S/c1-24-13(21)11-8-18-5-2-6-20(11)26(22,23)10-3-4-12(19-7-10)25-9-14(15,16)17/h3-4,7,11,18H,2,5-6,8-9H2,1H3. The van der Waals surface area contributed by atoms with Gasteiger partial charge in [-0.1, -0.05) is 0 Å². The molecule has 1 atom stereocenters. The second kappa shape index (κ2) is 8.18. The maximum atomic E-state index is 12.8. The van der Waals surface area contributed by atoms with Crippen LogP contribution in [0.15, 0.2) is 23.2 Å². The number of rotatable bonds is 5. The van der Waals surface area contributed by atoms with Crippen LogP contribution in [0.25, 0.3) is 0 Å². The molecule has 0 amide bonds. The van der Waals surface area contributed by atoms with Crippen molar-refractivity contribution in [2.24, 2.45) is 0 Å². The molecule has 1 aliphatic heterocycles. The summed E-state index contributed by atoms with van der Waals surface area (Å²) in [4.78, 5) is 15.3. The average Bonchev–Trinajstić information content (AvgIpc) is 2.85. The molecule has 1 aliphatic rings. The monoisotopic (exact) mass is 397 g/mol. The molecule has 0 aliphatic carbocycles. The Hall–Kier alpha value is -1.92. The first-order chi connectivity index (χ1) is 12.1. The lowest BCUT2D eigenvalue weighted by atomic mass is 10.3. The molecule has 8 nitrogen and oxygen atoms in total. The number of nitrogens with one attached hydrogen (secondary N) is 1. The van der Waals surface area contributed by atoms with Crippen LogP contribution in [0, 0.1) is 0 Å². The Kier molecular flexibility index (Phi) is 6.42. The molecule has 1 N–H and O–H groups in total. The Labute approximate surface area is 148 Å². The van der Waals surface area contributed by atoms with Gasteiger partial charge >= 0.3 is 12.1 Å². The zero-order chi connectivity index (χ0) is 19.4. The molecule has 0 spiro atoms. The van der Waals surface area contributed by atoms with Gasteiger partial charge in [0.1, 0.15) is 10.9 Å². The fourth-order valence-electron chi connectivity index (χ4n) is 2.38. The number of aromatic nitrogens is 1. The number of methoxy groups -OCH3 is 1. The topological polar surface area (TPSA) is 97.8 Å². The third kappa shape index (κ3) is 5.05. The smallest absolute Gasteiger partial charge is 0.422 e.